The number of rotatable bonds is 4. The first-order valence-electron chi connectivity index (χ1n) is 3.74. The van der Waals surface area contributed by atoms with Gasteiger partial charge >= 0.3 is 0 Å². The predicted octanol–water partition coefficient (Wildman–Crippen LogP) is 0.132. The van der Waals surface area contributed by atoms with E-state index < -0.39 is 0 Å². The number of likely N-dealkylation sites (N-methyl/N-ethyl adjacent to an activating group) is 2. The zero-order valence-corrected chi connectivity index (χ0v) is 7.46. The second kappa shape index (κ2) is 4.66. The molecule has 1 atom stereocenters. The Bertz CT molecular complexity index is 82.9. The van der Waals surface area contributed by atoms with E-state index in [0.29, 0.717) is 6.04 Å². The van der Waals surface area contributed by atoms with Crippen molar-refractivity contribution in [3.63, 3.8) is 0 Å². The molecule has 3 nitrogen and oxygen atoms in total. The van der Waals surface area contributed by atoms with E-state index in [2.05, 4.69) is 32.8 Å². The molecule has 0 saturated carbocycles. The Kier molecular flexibility index (Phi) is 4.60. The van der Waals surface area contributed by atoms with Crippen LogP contribution in [0.3, 0.4) is 0 Å². The van der Waals surface area contributed by atoms with E-state index >= 15 is 0 Å². The monoisotopic (exact) mass is 145 g/mol. The van der Waals surface area contributed by atoms with Crippen LogP contribution in [0.4, 0.5) is 0 Å². The predicted molar refractivity (Wildman–Crippen MR) is 44.6 cm³/mol. The largest absolute Gasteiger partial charge is 0.308 e. The van der Waals surface area contributed by atoms with Crippen molar-refractivity contribution < 1.29 is 0 Å². The molecule has 3 heteroatoms. The summed E-state index contributed by atoms with van der Waals surface area (Å²) in [5, 5.41) is 1.85. The first-order valence-corrected chi connectivity index (χ1v) is 3.74. The van der Waals surface area contributed by atoms with Gasteiger partial charge in [0, 0.05) is 19.1 Å². The van der Waals surface area contributed by atoms with Crippen molar-refractivity contribution in [2.75, 3.05) is 27.2 Å². The molecule has 2 N–H and O–H groups in total. The maximum absolute atomic E-state index is 5.67. The van der Waals surface area contributed by atoms with Crippen LogP contribution in [-0.4, -0.2) is 43.1 Å². The van der Waals surface area contributed by atoms with E-state index in [1.165, 1.54) is 0 Å². The summed E-state index contributed by atoms with van der Waals surface area (Å²) in [6.07, 6.45) is 0. The van der Waals surface area contributed by atoms with Crippen LogP contribution in [0, 0.1) is 0 Å². The molecule has 0 aromatic carbocycles. The number of hydrogen-bond donors (Lipinski definition) is 1. The average Bonchev–Trinajstić information content (AvgIpc) is 1.85. The Morgan fingerprint density at radius 1 is 1.40 bits per heavy atom. The lowest BCUT2D eigenvalue weighted by Crippen LogP contribution is -2.44. The molecule has 0 radical (unpaired) electrons. The third-order valence-corrected chi connectivity index (χ3v) is 1.56. The minimum atomic E-state index is 0.444. The maximum atomic E-state index is 5.67. The van der Waals surface area contributed by atoms with Crippen LogP contribution in [0.15, 0.2) is 0 Å². The van der Waals surface area contributed by atoms with Gasteiger partial charge < -0.3 is 4.90 Å². The molecule has 0 aromatic heterocycles. The Morgan fingerprint density at radius 3 is 2.20 bits per heavy atom. The molecule has 0 rings (SSSR count). The first-order chi connectivity index (χ1) is 4.57. The smallest absolute Gasteiger partial charge is 0.0339 e. The molecule has 0 spiro atoms. The maximum Gasteiger partial charge on any atom is 0.0339 e. The van der Waals surface area contributed by atoms with Gasteiger partial charge in [0.05, 0.1) is 0 Å². The van der Waals surface area contributed by atoms with Crippen molar-refractivity contribution in [3.8, 4) is 0 Å². The van der Waals surface area contributed by atoms with Crippen LogP contribution in [0.25, 0.3) is 0 Å². The molecule has 0 aliphatic rings. The molecule has 0 saturated heterocycles. The molecule has 62 valence electrons. The summed E-state index contributed by atoms with van der Waals surface area (Å²) >= 11 is 0. The Hall–Kier alpha value is -0.120. The summed E-state index contributed by atoms with van der Waals surface area (Å²) < 4.78 is 0. The van der Waals surface area contributed by atoms with Gasteiger partial charge in [-0.25, -0.2) is 5.01 Å². The summed E-state index contributed by atoms with van der Waals surface area (Å²) in [6.45, 7) is 6.12. The molecule has 0 amide bonds. The first kappa shape index (κ1) is 9.88. The lowest BCUT2D eigenvalue weighted by Gasteiger charge is -2.25. The van der Waals surface area contributed by atoms with E-state index in [9.17, 15) is 0 Å². The minimum absolute atomic E-state index is 0.444. The third kappa shape index (κ3) is 3.82. The van der Waals surface area contributed by atoms with Crippen molar-refractivity contribution in [1.29, 1.82) is 0 Å². The molecule has 0 aliphatic carbocycles. The highest BCUT2D eigenvalue weighted by Gasteiger charge is 2.07. The Labute approximate surface area is 63.8 Å². The van der Waals surface area contributed by atoms with Gasteiger partial charge in [-0.3, -0.25) is 5.84 Å². The summed E-state index contributed by atoms with van der Waals surface area (Å²) in [6, 6.07) is 0.444. The molecule has 0 aromatic rings. The average molecular weight is 145 g/mol. The summed E-state index contributed by atoms with van der Waals surface area (Å²) in [5.41, 5.74) is 0. The highest BCUT2D eigenvalue weighted by atomic mass is 15.4. The van der Waals surface area contributed by atoms with E-state index in [1.807, 2.05) is 5.01 Å². The van der Waals surface area contributed by atoms with Crippen LogP contribution in [0.2, 0.25) is 0 Å². The third-order valence-electron chi connectivity index (χ3n) is 1.56. The lowest BCUT2D eigenvalue weighted by atomic mass is 10.3. The van der Waals surface area contributed by atoms with Crippen LogP contribution in [0.1, 0.15) is 13.8 Å². The summed E-state index contributed by atoms with van der Waals surface area (Å²) in [7, 11) is 4.11. The highest BCUT2D eigenvalue weighted by molar-refractivity contribution is 4.62. The Balaban J connectivity index is 3.50. The van der Waals surface area contributed by atoms with Gasteiger partial charge in [0.15, 0.2) is 0 Å². The second-order valence-corrected chi connectivity index (χ2v) is 2.94. The number of nitrogens with zero attached hydrogens (tertiary/aromatic N) is 2. The van der Waals surface area contributed by atoms with Gasteiger partial charge in [-0.15, -0.1) is 0 Å². The van der Waals surface area contributed by atoms with E-state index in [4.69, 9.17) is 5.84 Å². The highest BCUT2D eigenvalue weighted by Crippen LogP contribution is 1.92. The molecular formula is C7H19N3. The SMILES string of the molecule is CCN(N)C(C)CN(C)C. The standard InChI is InChI=1S/C7H19N3/c1-5-10(8)7(2)6-9(3)4/h7H,5-6,8H2,1-4H3. The molecule has 1 unspecified atom stereocenters. The van der Waals surface area contributed by atoms with Gasteiger partial charge in [0.2, 0.25) is 0 Å². The van der Waals surface area contributed by atoms with Crippen molar-refractivity contribution >= 4 is 0 Å². The van der Waals surface area contributed by atoms with Crippen molar-refractivity contribution in [1.82, 2.24) is 9.91 Å². The topological polar surface area (TPSA) is 32.5 Å². The van der Waals surface area contributed by atoms with Crippen LogP contribution in [0.5, 0.6) is 0 Å². The number of hydrazine groups is 1. The molecule has 10 heavy (non-hydrogen) atoms. The molecule has 0 heterocycles. The van der Waals surface area contributed by atoms with E-state index in [1.54, 1.807) is 0 Å². The van der Waals surface area contributed by atoms with Crippen molar-refractivity contribution in [3.05, 3.63) is 0 Å². The van der Waals surface area contributed by atoms with Gasteiger partial charge in [-0.05, 0) is 21.0 Å². The normalized spacial score (nSPS) is 14.7. The van der Waals surface area contributed by atoms with Crippen LogP contribution < -0.4 is 5.84 Å². The quantitative estimate of drug-likeness (QED) is 0.451. The second-order valence-electron chi connectivity index (χ2n) is 2.94. The summed E-state index contributed by atoms with van der Waals surface area (Å²) in [4.78, 5) is 2.14. The van der Waals surface area contributed by atoms with Crippen LogP contribution in [-0.2, 0) is 0 Å². The van der Waals surface area contributed by atoms with Crippen LogP contribution >= 0.6 is 0 Å². The van der Waals surface area contributed by atoms with Gasteiger partial charge in [0.25, 0.3) is 0 Å². The fraction of sp³-hybridized carbons (Fsp3) is 1.00. The van der Waals surface area contributed by atoms with Gasteiger partial charge in [0.1, 0.15) is 0 Å². The van der Waals surface area contributed by atoms with Gasteiger partial charge in [-0.2, -0.15) is 0 Å². The van der Waals surface area contributed by atoms with E-state index in [0.717, 1.165) is 13.1 Å². The fourth-order valence-corrected chi connectivity index (χ4v) is 0.945. The van der Waals surface area contributed by atoms with Gasteiger partial charge in [-0.1, -0.05) is 6.92 Å². The van der Waals surface area contributed by atoms with E-state index in [-0.39, 0.29) is 0 Å². The fourth-order valence-electron chi connectivity index (χ4n) is 0.945. The lowest BCUT2D eigenvalue weighted by molar-refractivity contribution is 0.185. The molecule has 0 bridgehead atoms. The zero-order chi connectivity index (χ0) is 8.15. The number of nitrogens with two attached hydrogens (primary N) is 1. The van der Waals surface area contributed by atoms with Crippen molar-refractivity contribution in [2.45, 2.75) is 19.9 Å². The molecule has 0 aliphatic heterocycles. The zero-order valence-electron chi connectivity index (χ0n) is 7.46. The molecule has 0 fully saturated rings. The summed E-state index contributed by atoms with van der Waals surface area (Å²) in [5.74, 6) is 5.67. The molecular weight excluding hydrogens is 126 g/mol. The minimum Gasteiger partial charge on any atom is -0.308 e. The van der Waals surface area contributed by atoms with Crippen molar-refractivity contribution in [2.24, 2.45) is 5.84 Å². The number of hydrogen-bond acceptors (Lipinski definition) is 3. The Morgan fingerprint density at radius 2 is 1.90 bits per heavy atom.